The average Bonchev–Trinajstić information content (AvgIpc) is 3.09. The number of nitrogens with zero attached hydrogens (tertiary/aromatic N) is 2. The highest BCUT2D eigenvalue weighted by Crippen LogP contribution is 2.34. The molecule has 1 N–H and O–H groups in total. The molecule has 2 heterocycles. The Morgan fingerprint density at radius 3 is 2.54 bits per heavy atom. The summed E-state index contributed by atoms with van der Waals surface area (Å²) >= 11 is 12.6. The first kappa shape index (κ1) is 18.9. The number of rotatable bonds is 5. The van der Waals surface area contributed by atoms with E-state index in [9.17, 15) is 13.2 Å². The highest BCUT2D eigenvalue weighted by molar-refractivity contribution is 7.90. The van der Waals surface area contributed by atoms with Crippen molar-refractivity contribution in [3.05, 3.63) is 62.5 Å². The van der Waals surface area contributed by atoms with Crippen LogP contribution in [0.4, 0.5) is 0 Å². The van der Waals surface area contributed by atoms with Crippen LogP contribution in [0.15, 0.2) is 47.4 Å². The summed E-state index contributed by atoms with van der Waals surface area (Å²) in [6.45, 7) is 1.80. The number of hydrogen-bond donors (Lipinski definition) is 1. The number of halogens is 2. The molecule has 0 fully saturated rings. The van der Waals surface area contributed by atoms with E-state index >= 15 is 0 Å². The number of aryl methyl sites for hydroxylation is 1. The van der Waals surface area contributed by atoms with Crippen LogP contribution in [0.1, 0.15) is 11.4 Å². The summed E-state index contributed by atoms with van der Waals surface area (Å²) in [5.74, 6) is -0.694. The van der Waals surface area contributed by atoms with Gasteiger partial charge >= 0.3 is 0 Å². The van der Waals surface area contributed by atoms with Crippen LogP contribution in [0.25, 0.3) is 5.69 Å². The molecule has 2 aromatic heterocycles. The zero-order valence-corrected chi connectivity index (χ0v) is 16.6. The molecule has 3 aromatic rings. The summed E-state index contributed by atoms with van der Waals surface area (Å²) < 4.78 is 28.5. The third kappa shape index (κ3) is 4.09. The summed E-state index contributed by atoms with van der Waals surface area (Å²) in [6, 6.07) is 12.2. The maximum Gasteiger partial charge on any atom is 0.266 e. The highest BCUT2D eigenvalue weighted by atomic mass is 35.5. The summed E-state index contributed by atoms with van der Waals surface area (Å²) in [4.78, 5) is 12.1. The third-order valence-electron chi connectivity index (χ3n) is 3.41. The predicted octanol–water partition coefficient (Wildman–Crippen LogP) is 3.60. The molecule has 0 saturated heterocycles. The van der Waals surface area contributed by atoms with Crippen molar-refractivity contribution in [1.29, 1.82) is 0 Å². The zero-order chi connectivity index (χ0) is 18.9. The molecule has 0 aliphatic carbocycles. The van der Waals surface area contributed by atoms with Crippen molar-refractivity contribution in [3.63, 3.8) is 0 Å². The largest absolute Gasteiger partial charge is 0.274 e. The van der Waals surface area contributed by atoms with Crippen molar-refractivity contribution < 1.29 is 13.2 Å². The Bertz CT molecular complexity index is 1060. The molecule has 0 bridgehead atoms. The van der Waals surface area contributed by atoms with Crippen LogP contribution >= 0.6 is 34.5 Å². The normalized spacial score (nSPS) is 11.5. The Morgan fingerprint density at radius 1 is 1.23 bits per heavy atom. The van der Waals surface area contributed by atoms with Gasteiger partial charge in [0.15, 0.2) is 0 Å². The van der Waals surface area contributed by atoms with Gasteiger partial charge in [0.2, 0.25) is 5.91 Å². The minimum Gasteiger partial charge on any atom is -0.274 e. The quantitative estimate of drug-likeness (QED) is 0.671. The molecule has 26 heavy (non-hydrogen) atoms. The molecule has 10 heteroatoms. The molecule has 1 amide bonds. The number of aromatic nitrogens is 2. The van der Waals surface area contributed by atoms with Gasteiger partial charge in [-0.2, -0.15) is 5.10 Å². The molecule has 0 radical (unpaired) electrons. The molecule has 136 valence electrons. The fourth-order valence-electron chi connectivity index (χ4n) is 2.39. The van der Waals surface area contributed by atoms with Gasteiger partial charge in [-0.15, -0.1) is 11.3 Å². The Hall–Kier alpha value is -1.87. The number of sulfonamides is 1. The van der Waals surface area contributed by atoms with E-state index in [0.29, 0.717) is 11.4 Å². The standard InChI is InChI=1S/C16H13Cl2N3O3S2/c1-10-7-12(21(19-10)11-5-3-2-4-6-11)8-15(22)20-26(23,24)13-9-14(17)25-16(13)18/h2-7,9H,8H2,1H3,(H,20,22). The molecule has 0 spiro atoms. The lowest BCUT2D eigenvalue weighted by atomic mass is 10.2. The first-order chi connectivity index (χ1) is 12.3. The molecule has 0 aliphatic heterocycles. The minimum atomic E-state index is -4.10. The summed E-state index contributed by atoms with van der Waals surface area (Å²) in [7, 11) is -4.10. The number of hydrogen-bond acceptors (Lipinski definition) is 5. The van der Waals surface area contributed by atoms with Crippen LogP contribution in [0.2, 0.25) is 8.67 Å². The number of amides is 1. The van der Waals surface area contributed by atoms with Crippen LogP contribution in [0.5, 0.6) is 0 Å². The van der Waals surface area contributed by atoms with Gasteiger partial charge in [-0.1, -0.05) is 41.4 Å². The van der Waals surface area contributed by atoms with Crippen LogP contribution in [0.3, 0.4) is 0 Å². The molecule has 0 saturated carbocycles. The molecular weight excluding hydrogens is 417 g/mol. The monoisotopic (exact) mass is 429 g/mol. The molecule has 0 atom stereocenters. The molecule has 3 rings (SSSR count). The van der Waals surface area contributed by atoms with Crippen molar-refractivity contribution in [1.82, 2.24) is 14.5 Å². The first-order valence-corrected chi connectivity index (χ1v) is 10.4. The summed E-state index contributed by atoms with van der Waals surface area (Å²) in [6.07, 6.45) is -0.162. The van der Waals surface area contributed by atoms with Crippen molar-refractivity contribution in [3.8, 4) is 5.69 Å². The predicted molar refractivity (Wildman–Crippen MR) is 102 cm³/mol. The van der Waals surface area contributed by atoms with E-state index in [-0.39, 0.29) is 20.0 Å². The van der Waals surface area contributed by atoms with Gasteiger partial charge in [0.05, 0.1) is 27.8 Å². The molecule has 1 aromatic carbocycles. The lowest BCUT2D eigenvalue weighted by Crippen LogP contribution is -2.32. The van der Waals surface area contributed by atoms with E-state index in [1.165, 1.54) is 6.07 Å². The number of thiophene rings is 1. The van der Waals surface area contributed by atoms with Gasteiger partial charge in [-0.05, 0) is 31.2 Å². The second-order valence-corrected chi connectivity index (χ2v) is 9.35. The lowest BCUT2D eigenvalue weighted by Gasteiger charge is -2.08. The maximum absolute atomic E-state index is 12.3. The Morgan fingerprint density at radius 2 is 1.92 bits per heavy atom. The number of nitrogens with one attached hydrogen (secondary N) is 1. The van der Waals surface area contributed by atoms with E-state index < -0.39 is 15.9 Å². The molecule has 0 unspecified atom stereocenters. The Labute approximate surface area is 164 Å². The van der Waals surface area contributed by atoms with Crippen LogP contribution in [-0.4, -0.2) is 24.1 Å². The zero-order valence-electron chi connectivity index (χ0n) is 13.4. The van der Waals surface area contributed by atoms with Gasteiger partial charge < -0.3 is 0 Å². The van der Waals surface area contributed by atoms with Gasteiger partial charge in [0, 0.05) is 0 Å². The van der Waals surface area contributed by atoms with Crippen LogP contribution < -0.4 is 4.72 Å². The number of para-hydroxylation sites is 1. The number of carbonyl (C=O) groups excluding carboxylic acids is 1. The highest BCUT2D eigenvalue weighted by Gasteiger charge is 2.24. The summed E-state index contributed by atoms with van der Waals surface area (Å²) in [5, 5.41) is 4.36. The SMILES string of the molecule is Cc1cc(CC(=O)NS(=O)(=O)c2cc(Cl)sc2Cl)n(-c2ccccc2)n1. The number of benzene rings is 1. The van der Waals surface area contributed by atoms with Gasteiger partial charge in [-0.25, -0.2) is 17.8 Å². The van der Waals surface area contributed by atoms with E-state index in [2.05, 4.69) is 5.10 Å². The Kier molecular flexibility index (Phi) is 5.38. The fourth-order valence-corrected chi connectivity index (χ4v) is 5.52. The van der Waals surface area contributed by atoms with E-state index in [0.717, 1.165) is 17.0 Å². The minimum absolute atomic E-state index is 0.000437. The molecule has 6 nitrogen and oxygen atoms in total. The van der Waals surface area contributed by atoms with Crippen molar-refractivity contribution >= 4 is 50.5 Å². The van der Waals surface area contributed by atoms with Crippen molar-refractivity contribution in [2.24, 2.45) is 0 Å². The van der Waals surface area contributed by atoms with Gasteiger partial charge in [-0.3, -0.25) is 4.79 Å². The van der Waals surface area contributed by atoms with Gasteiger partial charge in [0.1, 0.15) is 9.23 Å². The van der Waals surface area contributed by atoms with Crippen molar-refractivity contribution in [2.75, 3.05) is 0 Å². The van der Waals surface area contributed by atoms with E-state index in [1.807, 2.05) is 35.1 Å². The average molecular weight is 430 g/mol. The van der Waals surface area contributed by atoms with Crippen molar-refractivity contribution in [2.45, 2.75) is 18.2 Å². The Balaban J connectivity index is 1.82. The maximum atomic E-state index is 12.3. The topological polar surface area (TPSA) is 81.1 Å². The first-order valence-electron chi connectivity index (χ1n) is 7.38. The lowest BCUT2D eigenvalue weighted by molar-refractivity contribution is -0.118. The second-order valence-electron chi connectivity index (χ2n) is 5.42. The molecular formula is C16H13Cl2N3O3S2. The second kappa shape index (κ2) is 7.40. The third-order valence-corrected chi connectivity index (χ3v) is 6.54. The van der Waals surface area contributed by atoms with Gasteiger partial charge in [0.25, 0.3) is 10.0 Å². The van der Waals surface area contributed by atoms with E-state index in [1.54, 1.807) is 17.7 Å². The summed E-state index contributed by atoms with van der Waals surface area (Å²) in [5.41, 5.74) is 2.06. The number of carbonyl (C=O) groups is 1. The van der Waals surface area contributed by atoms with Crippen LogP contribution in [-0.2, 0) is 21.2 Å². The fraction of sp³-hybridized carbons (Fsp3) is 0.125. The smallest absolute Gasteiger partial charge is 0.266 e. The van der Waals surface area contributed by atoms with Crippen LogP contribution in [0, 0.1) is 6.92 Å². The van der Waals surface area contributed by atoms with E-state index in [4.69, 9.17) is 23.2 Å². The molecule has 0 aliphatic rings.